The third-order valence-corrected chi connectivity index (χ3v) is 4.36. The first-order chi connectivity index (χ1) is 10.9. The van der Waals surface area contributed by atoms with Gasteiger partial charge in [-0.25, -0.2) is 9.97 Å². The van der Waals surface area contributed by atoms with Gasteiger partial charge in [-0.3, -0.25) is 9.69 Å². The molecule has 1 amide bonds. The lowest BCUT2D eigenvalue weighted by molar-refractivity contribution is -0.124. The van der Waals surface area contributed by atoms with Crippen LogP contribution >= 0.6 is 0 Å². The highest BCUT2D eigenvalue weighted by Gasteiger charge is 2.30. The van der Waals surface area contributed by atoms with Crippen molar-refractivity contribution in [3.8, 4) is 6.07 Å². The van der Waals surface area contributed by atoms with Gasteiger partial charge < -0.3 is 10.2 Å². The molecule has 1 saturated heterocycles. The van der Waals surface area contributed by atoms with Gasteiger partial charge in [0.05, 0.1) is 12.6 Å². The predicted molar refractivity (Wildman–Crippen MR) is 87.7 cm³/mol. The monoisotopic (exact) mass is 316 g/mol. The maximum absolute atomic E-state index is 12.2. The van der Waals surface area contributed by atoms with E-state index in [-0.39, 0.29) is 11.8 Å². The average Bonchev–Trinajstić information content (AvgIpc) is 2.56. The molecule has 7 nitrogen and oxygen atoms in total. The van der Waals surface area contributed by atoms with Crippen LogP contribution in [0.4, 0.5) is 5.95 Å². The van der Waals surface area contributed by atoms with Crippen molar-refractivity contribution < 1.29 is 4.79 Å². The van der Waals surface area contributed by atoms with Crippen LogP contribution in [0, 0.1) is 17.2 Å². The van der Waals surface area contributed by atoms with Gasteiger partial charge in [-0.05, 0) is 18.9 Å². The van der Waals surface area contributed by atoms with Crippen molar-refractivity contribution >= 4 is 11.9 Å². The smallest absolute Gasteiger partial charge is 0.235 e. The van der Waals surface area contributed by atoms with Crippen LogP contribution in [0.25, 0.3) is 0 Å². The number of hydrogen-bond acceptors (Lipinski definition) is 6. The zero-order valence-corrected chi connectivity index (χ0v) is 14.0. The second-order valence-electron chi connectivity index (χ2n) is 6.33. The van der Waals surface area contributed by atoms with E-state index in [1.165, 1.54) is 0 Å². The molecule has 1 unspecified atom stereocenters. The standard InChI is InChI=1S/C16H24N6O/c1-13(2)16(3,12-17)20-14(23)11-21-7-9-22(10-8-21)15-18-5-4-6-19-15/h4-6,13H,7-11H2,1-3H3,(H,20,23). The number of aromatic nitrogens is 2. The normalized spacial score (nSPS) is 18.3. The van der Waals surface area contributed by atoms with E-state index in [1.807, 2.05) is 13.8 Å². The number of carbonyl (C=O) groups excluding carboxylic acids is 1. The highest BCUT2D eigenvalue weighted by Crippen LogP contribution is 2.15. The molecule has 23 heavy (non-hydrogen) atoms. The Kier molecular flexibility index (Phi) is 5.50. The largest absolute Gasteiger partial charge is 0.338 e. The maximum Gasteiger partial charge on any atom is 0.235 e. The molecule has 7 heteroatoms. The van der Waals surface area contributed by atoms with E-state index in [2.05, 4.69) is 31.2 Å². The van der Waals surface area contributed by atoms with Gasteiger partial charge in [0, 0.05) is 38.6 Å². The summed E-state index contributed by atoms with van der Waals surface area (Å²) in [6.45, 7) is 9.07. The first kappa shape index (κ1) is 17.2. The highest BCUT2D eigenvalue weighted by molar-refractivity contribution is 5.79. The van der Waals surface area contributed by atoms with E-state index in [0.29, 0.717) is 6.54 Å². The summed E-state index contributed by atoms with van der Waals surface area (Å²) in [4.78, 5) is 24.9. The minimum atomic E-state index is -0.823. The van der Waals surface area contributed by atoms with Crippen molar-refractivity contribution in [3.05, 3.63) is 18.5 Å². The van der Waals surface area contributed by atoms with Crippen LogP contribution in [0.2, 0.25) is 0 Å². The molecule has 1 fully saturated rings. The van der Waals surface area contributed by atoms with Gasteiger partial charge in [0.15, 0.2) is 0 Å². The molecular formula is C16H24N6O. The minimum absolute atomic E-state index is 0.0588. The zero-order chi connectivity index (χ0) is 16.9. The Labute approximate surface area is 137 Å². The van der Waals surface area contributed by atoms with Crippen LogP contribution in [-0.4, -0.2) is 59.0 Å². The summed E-state index contributed by atoms with van der Waals surface area (Å²) in [5.74, 6) is 0.684. The molecule has 0 aromatic carbocycles. The summed E-state index contributed by atoms with van der Waals surface area (Å²) in [7, 11) is 0. The van der Waals surface area contributed by atoms with Gasteiger partial charge in [0.1, 0.15) is 5.54 Å². The zero-order valence-electron chi connectivity index (χ0n) is 14.0. The predicted octanol–water partition coefficient (Wildman–Crippen LogP) is 0.653. The van der Waals surface area contributed by atoms with Crippen LogP contribution in [0.5, 0.6) is 0 Å². The molecule has 1 aliphatic rings. The first-order valence-corrected chi connectivity index (χ1v) is 7.91. The number of piperazine rings is 1. The fourth-order valence-corrected chi connectivity index (χ4v) is 2.39. The van der Waals surface area contributed by atoms with Gasteiger partial charge in [-0.15, -0.1) is 0 Å². The fourth-order valence-electron chi connectivity index (χ4n) is 2.39. The molecule has 1 atom stereocenters. The number of nitrogens with one attached hydrogen (secondary N) is 1. The third-order valence-electron chi connectivity index (χ3n) is 4.36. The molecule has 2 rings (SSSR count). The summed E-state index contributed by atoms with van der Waals surface area (Å²) in [6.07, 6.45) is 3.47. The Morgan fingerprint density at radius 2 is 1.96 bits per heavy atom. The lowest BCUT2D eigenvalue weighted by Crippen LogP contribution is -2.54. The highest BCUT2D eigenvalue weighted by atomic mass is 16.2. The Balaban J connectivity index is 1.82. The lowest BCUT2D eigenvalue weighted by Gasteiger charge is -2.35. The van der Waals surface area contributed by atoms with Crippen LogP contribution in [0.1, 0.15) is 20.8 Å². The van der Waals surface area contributed by atoms with Gasteiger partial charge in [0.2, 0.25) is 11.9 Å². The van der Waals surface area contributed by atoms with Crippen LogP contribution in [-0.2, 0) is 4.79 Å². The molecular weight excluding hydrogens is 292 g/mol. The number of anilines is 1. The second-order valence-corrected chi connectivity index (χ2v) is 6.33. The van der Waals surface area contributed by atoms with E-state index in [1.54, 1.807) is 25.4 Å². The van der Waals surface area contributed by atoms with Crippen molar-refractivity contribution in [1.82, 2.24) is 20.2 Å². The van der Waals surface area contributed by atoms with Crippen molar-refractivity contribution in [1.29, 1.82) is 5.26 Å². The maximum atomic E-state index is 12.2. The van der Waals surface area contributed by atoms with Gasteiger partial charge in [0.25, 0.3) is 0 Å². The van der Waals surface area contributed by atoms with E-state index < -0.39 is 5.54 Å². The molecule has 124 valence electrons. The van der Waals surface area contributed by atoms with E-state index in [9.17, 15) is 10.1 Å². The molecule has 1 N–H and O–H groups in total. The van der Waals surface area contributed by atoms with Crippen LogP contribution in [0.3, 0.4) is 0 Å². The van der Waals surface area contributed by atoms with E-state index in [0.717, 1.165) is 32.1 Å². The topological polar surface area (TPSA) is 85.2 Å². The fraction of sp³-hybridized carbons (Fsp3) is 0.625. The summed E-state index contributed by atoms with van der Waals surface area (Å²) >= 11 is 0. The van der Waals surface area contributed by atoms with Gasteiger partial charge in [-0.2, -0.15) is 5.26 Å². The quantitative estimate of drug-likeness (QED) is 0.858. The Morgan fingerprint density at radius 3 is 2.48 bits per heavy atom. The van der Waals surface area contributed by atoms with Crippen molar-refractivity contribution in [2.45, 2.75) is 26.3 Å². The molecule has 0 spiro atoms. The second kappa shape index (κ2) is 7.38. The lowest BCUT2D eigenvalue weighted by atomic mass is 9.90. The number of rotatable bonds is 5. The number of carbonyl (C=O) groups is 1. The first-order valence-electron chi connectivity index (χ1n) is 7.91. The van der Waals surface area contributed by atoms with Crippen molar-refractivity contribution in [3.63, 3.8) is 0 Å². The Morgan fingerprint density at radius 1 is 1.35 bits per heavy atom. The van der Waals surface area contributed by atoms with Crippen molar-refractivity contribution in [2.75, 3.05) is 37.6 Å². The summed E-state index contributed by atoms with van der Waals surface area (Å²) in [6, 6.07) is 4.00. The molecule has 0 aliphatic carbocycles. The molecule has 1 aromatic rings. The summed E-state index contributed by atoms with van der Waals surface area (Å²) in [5.41, 5.74) is -0.823. The van der Waals surface area contributed by atoms with E-state index in [4.69, 9.17) is 0 Å². The SMILES string of the molecule is CC(C)C(C)(C#N)NC(=O)CN1CCN(c2ncccn2)CC1. The molecule has 0 radical (unpaired) electrons. The molecule has 1 aliphatic heterocycles. The van der Waals surface area contributed by atoms with Crippen LogP contribution in [0.15, 0.2) is 18.5 Å². The Bertz CT molecular complexity index is 562. The Hall–Kier alpha value is -2.20. The minimum Gasteiger partial charge on any atom is -0.338 e. The van der Waals surface area contributed by atoms with Crippen molar-refractivity contribution in [2.24, 2.45) is 5.92 Å². The van der Waals surface area contributed by atoms with Gasteiger partial charge in [-0.1, -0.05) is 13.8 Å². The van der Waals surface area contributed by atoms with E-state index >= 15 is 0 Å². The average molecular weight is 316 g/mol. The molecule has 2 heterocycles. The molecule has 1 aromatic heterocycles. The number of nitriles is 1. The number of nitrogens with zero attached hydrogens (tertiary/aromatic N) is 5. The van der Waals surface area contributed by atoms with Crippen LogP contribution < -0.4 is 10.2 Å². The number of hydrogen-bond donors (Lipinski definition) is 1. The molecule has 0 bridgehead atoms. The summed E-state index contributed by atoms with van der Waals surface area (Å²) in [5, 5.41) is 12.1. The third kappa shape index (κ3) is 4.39. The molecule has 0 saturated carbocycles. The summed E-state index contributed by atoms with van der Waals surface area (Å²) < 4.78 is 0. The number of amides is 1. The van der Waals surface area contributed by atoms with Gasteiger partial charge >= 0.3 is 0 Å².